The first-order chi connectivity index (χ1) is 11.7. The van der Waals surface area contributed by atoms with Crippen LogP contribution in [0.1, 0.15) is 46.2 Å². The number of benzene rings is 1. The highest BCUT2D eigenvalue weighted by atomic mass is 16.2. The van der Waals surface area contributed by atoms with Crippen molar-refractivity contribution in [1.82, 2.24) is 15.6 Å². The van der Waals surface area contributed by atoms with Crippen LogP contribution in [0.25, 0.3) is 0 Å². The maximum atomic E-state index is 12.2. The molecule has 24 heavy (non-hydrogen) atoms. The Balaban J connectivity index is 1.87. The van der Waals surface area contributed by atoms with Gasteiger partial charge in [-0.2, -0.15) is 0 Å². The van der Waals surface area contributed by atoms with Gasteiger partial charge in [0.25, 0.3) is 11.8 Å². The number of aromatic nitrogens is 1. The Morgan fingerprint density at radius 1 is 1.00 bits per heavy atom. The summed E-state index contributed by atoms with van der Waals surface area (Å²) in [6.45, 7) is 3.22. The van der Waals surface area contributed by atoms with E-state index in [2.05, 4.69) is 22.5 Å². The van der Waals surface area contributed by atoms with Gasteiger partial charge < -0.3 is 10.6 Å². The van der Waals surface area contributed by atoms with Gasteiger partial charge in [0, 0.05) is 24.8 Å². The van der Waals surface area contributed by atoms with E-state index in [4.69, 9.17) is 0 Å². The second-order valence-corrected chi connectivity index (χ2v) is 5.53. The highest BCUT2D eigenvalue weighted by molar-refractivity contribution is 5.98. The normalized spacial score (nSPS) is 10.2. The largest absolute Gasteiger partial charge is 0.352 e. The molecule has 126 valence electrons. The predicted molar refractivity (Wildman–Crippen MR) is 94.0 cm³/mol. The molecule has 0 saturated heterocycles. The molecule has 0 aliphatic heterocycles. The van der Waals surface area contributed by atoms with E-state index in [1.807, 2.05) is 30.3 Å². The number of rotatable bonds is 8. The van der Waals surface area contributed by atoms with Crippen molar-refractivity contribution in [3.63, 3.8) is 0 Å². The molecule has 0 fully saturated rings. The Morgan fingerprint density at radius 3 is 2.50 bits per heavy atom. The first-order valence-corrected chi connectivity index (χ1v) is 8.27. The number of pyridine rings is 1. The molecule has 0 unspecified atom stereocenters. The van der Waals surface area contributed by atoms with Gasteiger partial charge in [0.15, 0.2) is 0 Å². The second-order valence-electron chi connectivity index (χ2n) is 5.53. The maximum Gasteiger partial charge on any atom is 0.269 e. The van der Waals surface area contributed by atoms with Gasteiger partial charge in [-0.05, 0) is 30.5 Å². The number of nitrogens with one attached hydrogen (secondary N) is 2. The van der Waals surface area contributed by atoms with E-state index in [0.717, 1.165) is 19.3 Å². The molecule has 2 rings (SSSR count). The van der Waals surface area contributed by atoms with Crippen molar-refractivity contribution >= 4 is 11.8 Å². The van der Waals surface area contributed by atoms with Crippen molar-refractivity contribution in [2.24, 2.45) is 0 Å². The van der Waals surface area contributed by atoms with Crippen molar-refractivity contribution in [3.05, 3.63) is 65.5 Å². The van der Waals surface area contributed by atoms with Crippen LogP contribution in [-0.2, 0) is 6.42 Å². The molecule has 0 atom stereocenters. The van der Waals surface area contributed by atoms with E-state index in [1.54, 1.807) is 6.07 Å². The molecule has 1 aromatic carbocycles. The van der Waals surface area contributed by atoms with Crippen LogP contribution in [0, 0.1) is 0 Å². The lowest BCUT2D eigenvalue weighted by atomic mass is 10.1. The molecular formula is C19H23N3O2. The Hall–Kier alpha value is -2.69. The number of hydrogen-bond donors (Lipinski definition) is 2. The van der Waals surface area contributed by atoms with Gasteiger partial charge in [0.2, 0.25) is 0 Å². The molecule has 1 aromatic heterocycles. The first-order valence-electron chi connectivity index (χ1n) is 8.27. The Kier molecular flexibility index (Phi) is 6.95. The summed E-state index contributed by atoms with van der Waals surface area (Å²) in [5, 5.41) is 5.67. The van der Waals surface area contributed by atoms with Gasteiger partial charge >= 0.3 is 0 Å². The SMILES string of the molecule is CCCCNC(=O)c1cc(C(=O)NCCc2ccccc2)ccn1. The van der Waals surface area contributed by atoms with Crippen LogP contribution in [0.2, 0.25) is 0 Å². The second kappa shape index (κ2) is 9.45. The third-order valence-electron chi connectivity index (χ3n) is 3.61. The van der Waals surface area contributed by atoms with Crippen LogP contribution in [0.15, 0.2) is 48.7 Å². The minimum atomic E-state index is -0.248. The summed E-state index contributed by atoms with van der Waals surface area (Å²) >= 11 is 0. The molecule has 1 heterocycles. The predicted octanol–water partition coefficient (Wildman–Crippen LogP) is 2.58. The highest BCUT2D eigenvalue weighted by Crippen LogP contribution is 2.03. The van der Waals surface area contributed by atoms with Gasteiger partial charge in [-0.3, -0.25) is 14.6 Å². The summed E-state index contributed by atoms with van der Waals surface area (Å²) in [4.78, 5) is 28.2. The summed E-state index contributed by atoms with van der Waals surface area (Å²) < 4.78 is 0. The van der Waals surface area contributed by atoms with Gasteiger partial charge in [-0.15, -0.1) is 0 Å². The Bertz CT molecular complexity index is 671. The lowest BCUT2D eigenvalue weighted by molar-refractivity contribution is 0.0948. The van der Waals surface area contributed by atoms with Crippen LogP contribution >= 0.6 is 0 Å². The van der Waals surface area contributed by atoms with Crippen molar-refractivity contribution < 1.29 is 9.59 Å². The maximum absolute atomic E-state index is 12.2. The minimum Gasteiger partial charge on any atom is -0.352 e. The van der Waals surface area contributed by atoms with Crippen LogP contribution < -0.4 is 10.6 Å². The molecule has 0 saturated carbocycles. The van der Waals surface area contributed by atoms with E-state index < -0.39 is 0 Å². The van der Waals surface area contributed by atoms with Gasteiger partial charge in [-0.1, -0.05) is 43.7 Å². The van der Waals surface area contributed by atoms with E-state index in [0.29, 0.717) is 18.7 Å². The fourth-order valence-corrected chi connectivity index (χ4v) is 2.23. The van der Waals surface area contributed by atoms with Crippen molar-refractivity contribution in [2.45, 2.75) is 26.2 Å². The molecule has 0 spiro atoms. The van der Waals surface area contributed by atoms with E-state index >= 15 is 0 Å². The van der Waals surface area contributed by atoms with E-state index in [-0.39, 0.29) is 17.5 Å². The molecule has 5 nitrogen and oxygen atoms in total. The molecule has 5 heteroatoms. The zero-order valence-electron chi connectivity index (χ0n) is 13.9. The summed E-state index contributed by atoms with van der Waals surface area (Å²) in [5.74, 6) is -0.446. The molecule has 2 N–H and O–H groups in total. The standard InChI is InChI=1S/C19H23N3O2/c1-2-3-11-21-19(24)17-14-16(10-13-20-17)18(23)22-12-9-15-7-5-4-6-8-15/h4-8,10,13-14H,2-3,9,11-12H2,1H3,(H,21,24)(H,22,23). The number of amides is 2. The zero-order valence-corrected chi connectivity index (χ0v) is 13.9. The van der Waals surface area contributed by atoms with E-state index in [1.165, 1.54) is 17.8 Å². The van der Waals surface area contributed by atoms with E-state index in [9.17, 15) is 9.59 Å². The molecule has 0 bridgehead atoms. The third-order valence-corrected chi connectivity index (χ3v) is 3.61. The average Bonchev–Trinajstić information content (AvgIpc) is 2.63. The number of carbonyl (C=O) groups excluding carboxylic acids is 2. The summed E-state index contributed by atoms with van der Waals surface area (Å²) in [6.07, 6.45) is 4.19. The summed E-state index contributed by atoms with van der Waals surface area (Å²) in [6, 6.07) is 13.1. The number of carbonyl (C=O) groups is 2. The molecule has 2 aromatic rings. The number of nitrogens with zero attached hydrogens (tertiary/aromatic N) is 1. The van der Waals surface area contributed by atoms with Crippen LogP contribution in [0.4, 0.5) is 0 Å². The lowest BCUT2D eigenvalue weighted by Crippen LogP contribution is -2.28. The number of unbranched alkanes of at least 4 members (excludes halogenated alkanes) is 1. The smallest absolute Gasteiger partial charge is 0.269 e. The topological polar surface area (TPSA) is 71.1 Å². The Morgan fingerprint density at radius 2 is 1.75 bits per heavy atom. The molecule has 2 amide bonds. The van der Waals surface area contributed by atoms with Gasteiger partial charge in [0.05, 0.1) is 0 Å². The molecular weight excluding hydrogens is 302 g/mol. The van der Waals surface area contributed by atoms with Crippen LogP contribution in [-0.4, -0.2) is 29.9 Å². The minimum absolute atomic E-state index is 0.198. The number of hydrogen-bond acceptors (Lipinski definition) is 3. The van der Waals surface area contributed by atoms with Gasteiger partial charge in [-0.25, -0.2) is 0 Å². The quantitative estimate of drug-likeness (QED) is 0.733. The third kappa shape index (κ3) is 5.50. The van der Waals surface area contributed by atoms with Crippen molar-refractivity contribution in [1.29, 1.82) is 0 Å². The fourth-order valence-electron chi connectivity index (χ4n) is 2.23. The first kappa shape index (κ1) is 17.7. The fraction of sp³-hybridized carbons (Fsp3) is 0.316. The summed E-state index contributed by atoms with van der Waals surface area (Å²) in [5.41, 5.74) is 1.88. The van der Waals surface area contributed by atoms with Crippen LogP contribution in [0.5, 0.6) is 0 Å². The Labute approximate surface area is 142 Å². The van der Waals surface area contributed by atoms with Crippen molar-refractivity contribution in [2.75, 3.05) is 13.1 Å². The lowest BCUT2D eigenvalue weighted by Gasteiger charge is -2.07. The summed E-state index contributed by atoms with van der Waals surface area (Å²) in [7, 11) is 0. The molecule has 0 aliphatic rings. The molecule has 0 aliphatic carbocycles. The van der Waals surface area contributed by atoms with Crippen LogP contribution in [0.3, 0.4) is 0 Å². The molecule has 0 radical (unpaired) electrons. The monoisotopic (exact) mass is 325 g/mol. The zero-order chi connectivity index (χ0) is 17.2. The van der Waals surface area contributed by atoms with Gasteiger partial charge in [0.1, 0.15) is 5.69 Å². The average molecular weight is 325 g/mol. The highest BCUT2D eigenvalue weighted by Gasteiger charge is 2.11. The van der Waals surface area contributed by atoms with Crippen molar-refractivity contribution in [3.8, 4) is 0 Å².